The van der Waals surface area contributed by atoms with Gasteiger partial charge in [-0.15, -0.1) is 0 Å². The van der Waals surface area contributed by atoms with Crippen LogP contribution in [0, 0.1) is 12.8 Å². The number of rotatable bonds is 6. The molecular weight excluding hydrogens is 362 g/mol. The van der Waals surface area contributed by atoms with E-state index in [2.05, 4.69) is 39.8 Å². The van der Waals surface area contributed by atoms with Crippen molar-refractivity contribution in [3.05, 3.63) is 65.2 Å². The Kier molecular flexibility index (Phi) is 5.95. The summed E-state index contributed by atoms with van der Waals surface area (Å²) >= 11 is 0. The number of benzene rings is 2. The molecule has 4 rings (SSSR count). The molecule has 0 radical (unpaired) electrons. The third kappa shape index (κ3) is 5.24. The summed E-state index contributed by atoms with van der Waals surface area (Å²) in [6.07, 6.45) is 4.04. The maximum atomic E-state index is 12.9. The van der Waals surface area contributed by atoms with Crippen LogP contribution in [-0.4, -0.2) is 35.8 Å². The molecule has 2 amide bonds. The van der Waals surface area contributed by atoms with E-state index < -0.39 is 0 Å². The molecule has 1 atom stereocenters. The van der Waals surface area contributed by atoms with Gasteiger partial charge < -0.3 is 10.6 Å². The van der Waals surface area contributed by atoms with Gasteiger partial charge in [0, 0.05) is 30.4 Å². The van der Waals surface area contributed by atoms with Crippen LogP contribution in [0.1, 0.15) is 47.2 Å². The van der Waals surface area contributed by atoms with Gasteiger partial charge in [-0.05, 0) is 62.4 Å². The average molecular weight is 392 g/mol. The van der Waals surface area contributed by atoms with Crippen molar-refractivity contribution in [1.29, 1.82) is 0 Å². The molecule has 152 valence electrons. The zero-order valence-electron chi connectivity index (χ0n) is 17.0. The Morgan fingerprint density at radius 1 is 1.07 bits per heavy atom. The number of anilines is 1. The monoisotopic (exact) mass is 391 g/mol. The smallest absolute Gasteiger partial charge is 0.251 e. The van der Waals surface area contributed by atoms with Crippen molar-refractivity contribution in [2.45, 2.75) is 45.2 Å². The van der Waals surface area contributed by atoms with Crippen LogP contribution in [0.4, 0.5) is 5.69 Å². The van der Waals surface area contributed by atoms with E-state index >= 15 is 0 Å². The highest BCUT2D eigenvalue weighted by molar-refractivity contribution is 5.98. The number of carbonyl (C=O) groups excluding carboxylic acids is 2. The Bertz CT molecular complexity index is 877. The molecule has 2 N–H and O–H groups in total. The minimum absolute atomic E-state index is 0.0317. The van der Waals surface area contributed by atoms with Crippen molar-refractivity contribution >= 4 is 17.5 Å². The Hall–Kier alpha value is -2.66. The molecule has 0 spiro atoms. The minimum Gasteiger partial charge on any atom is -0.349 e. The number of hydrogen-bond acceptors (Lipinski definition) is 3. The fourth-order valence-corrected chi connectivity index (χ4v) is 3.88. The van der Waals surface area contributed by atoms with E-state index in [9.17, 15) is 9.59 Å². The van der Waals surface area contributed by atoms with E-state index in [1.807, 2.05) is 25.1 Å². The van der Waals surface area contributed by atoms with Gasteiger partial charge in [0.25, 0.3) is 5.91 Å². The average Bonchev–Trinajstić information content (AvgIpc) is 3.54. The summed E-state index contributed by atoms with van der Waals surface area (Å²) in [5.74, 6) is -0.0453. The number of hydrogen-bond donors (Lipinski definition) is 2. The van der Waals surface area contributed by atoms with Crippen LogP contribution in [-0.2, 0) is 11.3 Å². The van der Waals surface area contributed by atoms with E-state index in [0.717, 1.165) is 56.6 Å². The molecule has 1 unspecified atom stereocenters. The van der Waals surface area contributed by atoms with Crippen LogP contribution >= 0.6 is 0 Å². The second kappa shape index (κ2) is 8.78. The number of carbonyl (C=O) groups is 2. The van der Waals surface area contributed by atoms with Gasteiger partial charge in [-0.3, -0.25) is 14.5 Å². The van der Waals surface area contributed by atoms with Crippen LogP contribution in [0.2, 0.25) is 0 Å². The SMILES string of the molecule is Cc1ccc(C(=O)NC2CC2)cc1NC(=O)C1CCCN(Cc2ccccc2)C1. The third-order valence-electron chi connectivity index (χ3n) is 5.80. The zero-order chi connectivity index (χ0) is 20.2. The number of aryl methyl sites for hydroxylation is 1. The first-order valence-electron chi connectivity index (χ1n) is 10.6. The van der Waals surface area contributed by atoms with Crippen LogP contribution in [0.15, 0.2) is 48.5 Å². The molecule has 1 heterocycles. The second-order valence-corrected chi connectivity index (χ2v) is 8.33. The molecule has 2 aromatic carbocycles. The summed E-state index contributed by atoms with van der Waals surface area (Å²) in [7, 11) is 0. The van der Waals surface area contributed by atoms with Crippen molar-refractivity contribution in [1.82, 2.24) is 10.2 Å². The van der Waals surface area contributed by atoms with Crippen molar-refractivity contribution < 1.29 is 9.59 Å². The molecule has 1 aliphatic heterocycles. The highest BCUT2D eigenvalue weighted by Crippen LogP contribution is 2.24. The highest BCUT2D eigenvalue weighted by atomic mass is 16.2. The Morgan fingerprint density at radius 3 is 2.62 bits per heavy atom. The predicted octanol–water partition coefficient (Wildman–Crippen LogP) is 3.74. The van der Waals surface area contributed by atoms with E-state index in [1.54, 1.807) is 6.07 Å². The van der Waals surface area contributed by atoms with Gasteiger partial charge in [0.05, 0.1) is 5.92 Å². The fraction of sp³-hybridized carbons (Fsp3) is 0.417. The lowest BCUT2D eigenvalue weighted by Gasteiger charge is -2.32. The maximum Gasteiger partial charge on any atom is 0.251 e. The molecule has 5 nitrogen and oxygen atoms in total. The lowest BCUT2D eigenvalue weighted by molar-refractivity contribution is -0.121. The normalized spacial score (nSPS) is 19.6. The lowest BCUT2D eigenvalue weighted by Crippen LogP contribution is -2.40. The predicted molar refractivity (Wildman–Crippen MR) is 115 cm³/mol. The first-order chi connectivity index (χ1) is 14.1. The van der Waals surface area contributed by atoms with Gasteiger partial charge in [0.1, 0.15) is 0 Å². The Labute approximate surface area is 172 Å². The molecule has 5 heteroatoms. The topological polar surface area (TPSA) is 61.4 Å². The zero-order valence-corrected chi connectivity index (χ0v) is 17.0. The first-order valence-corrected chi connectivity index (χ1v) is 10.6. The third-order valence-corrected chi connectivity index (χ3v) is 5.80. The highest BCUT2D eigenvalue weighted by Gasteiger charge is 2.27. The summed E-state index contributed by atoms with van der Waals surface area (Å²) in [4.78, 5) is 27.6. The van der Waals surface area contributed by atoms with Crippen molar-refractivity contribution in [2.75, 3.05) is 18.4 Å². The molecule has 0 aromatic heterocycles. The van der Waals surface area contributed by atoms with Gasteiger partial charge in [-0.1, -0.05) is 36.4 Å². The molecule has 0 bridgehead atoms. The van der Waals surface area contributed by atoms with Crippen molar-refractivity contribution in [3.8, 4) is 0 Å². The van der Waals surface area contributed by atoms with Crippen LogP contribution in [0.25, 0.3) is 0 Å². The summed E-state index contributed by atoms with van der Waals surface area (Å²) in [6, 6.07) is 16.2. The Balaban J connectivity index is 1.38. The quantitative estimate of drug-likeness (QED) is 0.789. The molecule has 1 saturated heterocycles. The first kappa shape index (κ1) is 19.6. The Morgan fingerprint density at radius 2 is 1.86 bits per heavy atom. The van der Waals surface area contributed by atoms with Gasteiger partial charge in [-0.25, -0.2) is 0 Å². The number of nitrogens with one attached hydrogen (secondary N) is 2. The molecule has 2 aliphatic rings. The van der Waals surface area contributed by atoms with E-state index in [4.69, 9.17) is 0 Å². The fourth-order valence-electron chi connectivity index (χ4n) is 3.88. The van der Waals surface area contributed by atoms with Crippen LogP contribution in [0.3, 0.4) is 0 Å². The van der Waals surface area contributed by atoms with Crippen LogP contribution in [0.5, 0.6) is 0 Å². The number of amides is 2. The van der Waals surface area contributed by atoms with Gasteiger partial charge in [-0.2, -0.15) is 0 Å². The summed E-state index contributed by atoms with van der Waals surface area (Å²) in [5, 5.41) is 6.09. The molecule has 29 heavy (non-hydrogen) atoms. The molecule has 2 aromatic rings. The number of nitrogens with zero attached hydrogens (tertiary/aromatic N) is 1. The van der Waals surface area contributed by atoms with E-state index in [1.165, 1.54) is 5.56 Å². The minimum atomic E-state index is -0.0605. The summed E-state index contributed by atoms with van der Waals surface area (Å²) in [6.45, 7) is 4.62. The standard InChI is InChI=1S/C24H29N3O2/c1-17-9-10-19(23(28)25-21-11-12-21)14-22(17)26-24(29)20-8-5-13-27(16-20)15-18-6-3-2-4-7-18/h2-4,6-7,9-10,14,20-21H,5,8,11-13,15-16H2,1H3,(H,25,28)(H,26,29). The van der Waals surface area contributed by atoms with E-state index in [-0.39, 0.29) is 17.7 Å². The van der Waals surface area contributed by atoms with E-state index in [0.29, 0.717) is 11.6 Å². The van der Waals surface area contributed by atoms with Gasteiger partial charge in [0.15, 0.2) is 0 Å². The van der Waals surface area contributed by atoms with Crippen molar-refractivity contribution in [2.24, 2.45) is 5.92 Å². The molecular formula is C24H29N3O2. The maximum absolute atomic E-state index is 12.9. The summed E-state index contributed by atoms with van der Waals surface area (Å²) in [5.41, 5.74) is 3.59. The number of piperidine rings is 1. The molecule has 2 fully saturated rings. The molecule has 1 saturated carbocycles. The van der Waals surface area contributed by atoms with Crippen molar-refractivity contribution in [3.63, 3.8) is 0 Å². The summed E-state index contributed by atoms with van der Waals surface area (Å²) < 4.78 is 0. The van der Waals surface area contributed by atoms with Gasteiger partial charge >= 0.3 is 0 Å². The lowest BCUT2D eigenvalue weighted by atomic mass is 9.96. The molecule has 1 aliphatic carbocycles. The van der Waals surface area contributed by atoms with Crippen LogP contribution < -0.4 is 10.6 Å². The largest absolute Gasteiger partial charge is 0.349 e. The second-order valence-electron chi connectivity index (χ2n) is 8.33. The number of likely N-dealkylation sites (tertiary alicyclic amines) is 1. The van der Waals surface area contributed by atoms with Gasteiger partial charge in [0.2, 0.25) is 5.91 Å².